The average molecular weight is 255 g/mol. The Morgan fingerprint density at radius 1 is 1.11 bits per heavy atom. The molecule has 1 heterocycles. The van der Waals surface area contributed by atoms with Crippen LogP contribution in [0.15, 0.2) is 54.9 Å². The van der Waals surface area contributed by atoms with E-state index in [-0.39, 0.29) is 6.03 Å². The molecule has 2 aromatic rings. The van der Waals surface area contributed by atoms with E-state index in [2.05, 4.69) is 15.6 Å². The lowest BCUT2D eigenvalue weighted by molar-refractivity contribution is 0.252. The van der Waals surface area contributed by atoms with E-state index in [9.17, 15) is 4.79 Å². The fourth-order valence-corrected chi connectivity index (χ4v) is 1.74. The number of nitrogens with one attached hydrogen (secondary N) is 2. The van der Waals surface area contributed by atoms with Crippen LogP contribution in [0.3, 0.4) is 0 Å². The first-order valence-electron chi connectivity index (χ1n) is 6.33. The molecular formula is C15H17N3O. The van der Waals surface area contributed by atoms with Crippen molar-refractivity contribution in [2.75, 3.05) is 11.9 Å². The van der Waals surface area contributed by atoms with Crippen molar-refractivity contribution in [3.05, 3.63) is 60.4 Å². The predicted molar refractivity (Wildman–Crippen MR) is 76.0 cm³/mol. The Bertz CT molecular complexity index is 499. The minimum absolute atomic E-state index is 0.169. The number of para-hydroxylation sites is 1. The third-order valence-corrected chi connectivity index (χ3v) is 2.68. The zero-order valence-electron chi connectivity index (χ0n) is 10.7. The minimum atomic E-state index is -0.169. The molecule has 4 heteroatoms. The molecule has 2 rings (SSSR count). The predicted octanol–water partition coefficient (Wildman–Crippen LogP) is 2.84. The van der Waals surface area contributed by atoms with E-state index in [0.717, 1.165) is 18.5 Å². The van der Waals surface area contributed by atoms with Crippen LogP contribution in [0.4, 0.5) is 10.5 Å². The Morgan fingerprint density at radius 2 is 1.95 bits per heavy atom. The van der Waals surface area contributed by atoms with Crippen LogP contribution in [0, 0.1) is 0 Å². The highest BCUT2D eigenvalue weighted by Crippen LogP contribution is 2.04. The van der Waals surface area contributed by atoms with E-state index in [1.165, 1.54) is 5.56 Å². The second-order valence-corrected chi connectivity index (χ2v) is 4.21. The summed E-state index contributed by atoms with van der Waals surface area (Å²) in [6.07, 6.45) is 5.42. The van der Waals surface area contributed by atoms with Gasteiger partial charge in [0.2, 0.25) is 0 Å². The van der Waals surface area contributed by atoms with Gasteiger partial charge in [-0.3, -0.25) is 4.98 Å². The SMILES string of the molecule is O=C(NCCCc1cccnc1)Nc1ccccc1. The number of hydrogen-bond donors (Lipinski definition) is 2. The van der Waals surface area contributed by atoms with Gasteiger partial charge in [-0.15, -0.1) is 0 Å². The molecule has 0 aliphatic carbocycles. The highest BCUT2D eigenvalue weighted by molar-refractivity contribution is 5.89. The van der Waals surface area contributed by atoms with Crippen LogP contribution in [0.5, 0.6) is 0 Å². The standard InChI is InChI=1S/C15H17N3O/c19-15(18-14-8-2-1-3-9-14)17-11-5-7-13-6-4-10-16-12-13/h1-4,6,8-10,12H,5,7,11H2,(H2,17,18,19). The number of carbonyl (C=O) groups is 1. The highest BCUT2D eigenvalue weighted by atomic mass is 16.2. The van der Waals surface area contributed by atoms with Crippen molar-refractivity contribution < 1.29 is 4.79 Å². The first kappa shape index (κ1) is 13.1. The Morgan fingerprint density at radius 3 is 2.68 bits per heavy atom. The van der Waals surface area contributed by atoms with Crippen molar-refractivity contribution in [2.45, 2.75) is 12.8 Å². The quantitative estimate of drug-likeness (QED) is 0.807. The van der Waals surface area contributed by atoms with Crippen LogP contribution in [-0.4, -0.2) is 17.6 Å². The van der Waals surface area contributed by atoms with E-state index in [1.807, 2.05) is 48.7 Å². The molecule has 0 saturated carbocycles. The fourth-order valence-electron chi connectivity index (χ4n) is 1.74. The summed E-state index contributed by atoms with van der Waals surface area (Å²) in [5.74, 6) is 0. The molecule has 2 amide bonds. The second kappa shape index (κ2) is 7.16. The van der Waals surface area contributed by atoms with Crippen LogP contribution in [0.25, 0.3) is 0 Å². The number of pyridine rings is 1. The second-order valence-electron chi connectivity index (χ2n) is 4.21. The van der Waals surface area contributed by atoms with Gasteiger partial charge >= 0.3 is 6.03 Å². The number of urea groups is 1. The zero-order valence-corrected chi connectivity index (χ0v) is 10.7. The molecule has 4 nitrogen and oxygen atoms in total. The minimum Gasteiger partial charge on any atom is -0.338 e. The molecule has 0 aliphatic heterocycles. The summed E-state index contributed by atoms with van der Waals surface area (Å²) in [4.78, 5) is 15.6. The van der Waals surface area contributed by atoms with Gasteiger partial charge in [-0.25, -0.2) is 4.79 Å². The molecule has 98 valence electrons. The van der Waals surface area contributed by atoms with Crippen molar-refractivity contribution in [1.29, 1.82) is 0 Å². The summed E-state index contributed by atoms with van der Waals surface area (Å²) in [6.45, 7) is 0.646. The molecule has 0 atom stereocenters. The fraction of sp³-hybridized carbons (Fsp3) is 0.200. The molecule has 0 unspecified atom stereocenters. The van der Waals surface area contributed by atoms with Gasteiger partial charge in [-0.05, 0) is 36.6 Å². The van der Waals surface area contributed by atoms with E-state index in [4.69, 9.17) is 0 Å². The van der Waals surface area contributed by atoms with Crippen LogP contribution in [0.1, 0.15) is 12.0 Å². The summed E-state index contributed by atoms with van der Waals surface area (Å²) in [7, 11) is 0. The molecule has 0 radical (unpaired) electrons. The van der Waals surface area contributed by atoms with Gasteiger partial charge in [0.15, 0.2) is 0 Å². The van der Waals surface area contributed by atoms with Gasteiger partial charge in [-0.2, -0.15) is 0 Å². The highest BCUT2D eigenvalue weighted by Gasteiger charge is 2.00. The summed E-state index contributed by atoms with van der Waals surface area (Å²) in [5, 5.41) is 5.61. The molecule has 0 saturated heterocycles. The number of aryl methyl sites for hydroxylation is 1. The monoisotopic (exact) mass is 255 g/mol. The first-order chi connectivity index (χ1) is 9.34. The van der Waals surface area contributed by atoms with Gasteiger partial charge in [-0.1, -0.05) is 24.3 Å². The van der Waals surface area contributed by atoms with Crippen LogP contribution in [0.2, 0.25) is 0 Å². The number of amides is 2. The number of aromatic nitrogens is 1. The largest absolute Gasteiger partial charge is 0.338 e. The topological polar surface area (TPSA) is 54.0 Å². The van der Waals surface area contributed by atoms with E-state index < -0.39 is 0 Å². The van der Waals surface area contributed by atoms with Crippen LogP contribution < -0.4 is 10.6 Å². The molecular weight excluding hydrogens is 238 g/mol. The number of anilines is 1. The lowest BCUT2D eigenvalue weighted by Crippen LogP contribution is -2.29. The lowest BCUT2D eigenvalue weighted by atomic mass is 10.1. The molecule has 0 spiro atoms. The van der Waals surface area contributed by atoms with Gasteiger partial charge < -0.3 is 10.6 Å². The molecule has 1 aromatic carbocycles. The maximum atomic E-state index is 11.6. The number of rotatable bonds is 5. The third kappa shape index (κ3) is 4.79. The Hall–Kier alpha value is -2.36. The van der Waals surface area contributed by atoms with Crippen molar-refractivity contribution >= 4 is 11.7 Å². The van der Waals surface area contributed by atoms with Gasteiger partial charge in [0.25, 0.3) is 0 Å². The molecule has 0 fully saturated rings. The molecule has 0 bridgehead atoms. The van der Waals surface area contributed by atoms with Gasteiger partial charge in [0.05, 0.1) is 0 Å². The number of nitrogens with zero attached hydrogens (tertiary/aromatic N) is 1. The third-order valence-electron chi connectivity index (χ3n) is 2.68. The Balaban J connectivity index is 1.65. The van der Waals surface area contributed by atoms with Crippen LogP contribution >= 0.6 is 0 Å². The van der Waals surface area contributed by atoms with Crippen LogP contribution in [-0.2, 0) is 6.42 Å². The summed E-state index contributed by atoms with van der Waals surface area (Å²) < 4.78 is 0. The average Bonchev–Trinajstić information content (AvgIpc) is 2.46. The molecule has 2 N–H and O–H groups in total. The summed E-state index contributed by atoms with van der Waals surface area (Å²) in [6, 6.07) is 13.2. The van der Waals surface area contributed by atoms with E-state index in [1.54, 1.807) is 6.20 Å². The zero-order chi connectivity index (χ0) is 13.3. The van der Waals surface area contributed by atoms with Crippen molar-refractivity contribution in [3.8, 4) is 0 Å². The van der Waals surface area contributed by atoms with Gasteiger partial charge in [0.1, 0.15) is 0 Å². The van der Waals surface area contributed by atoms with E-state index in [0.29, 0.717) is 6.54 Å². The number of hydrogen-bond acceptors (Lipinski definition) is 2. The summed E-state index contributed by atoms with van der Waals surface area (Å²) >= 11 is 0. The summed E-state index contributed by atoms with van der Waals surface area (Å²) in [5.41, 5.74) is 1.99. The van der Waals surface area contributed by atoms with Crippen molar-refractivity contribution in [3.63, 3.8) is 0 Å². The molecule has 0 aliphatic rings. The Labute approximate surface area is 112 Å². The molecule has 1 aromatic heterocycles. The maximum absolute atomic E-state index is 11.6. The maximum Gasteiger partial charge on any atom is 0.319 e. The Kier molecular flexibility index (Phi) is 4.93. The van der Waals surface area contributed by atoms with E-state index >= 15 is 0 Å². The van der Waals surface area contributed by atoms with Crippen molar-refractivity contribution in [2.24, 2.45) is 0 Å². The van der Waals surface area contributed by atoms with Crippen molar-refractivity contribution in [1.82, 2.24) is 10.3 Å². The lowest BCUT2D eigenvalue weighted by Gasteiger charge is -2.07. The molecule has 19 heavy (non-hydrogen) atoms. The number of benzene rings is 1. The van der Waals surface area contributed by atoms with Gasteiger partial charge in [0, 0.05) is 24.6 Å². The first-order valence-corrected chi connectivity index (χ1v) is 6.33. The number of carbonyl (C=O) groups excluding carboxylic acids is 1. The normalized spacial score (nSPS) is 9.89. The smallest absolute Gasteiger partial charge is 0.319 e.